The highest BCUT2D eigenvalue weighted by Gasteiger charge is 2.16. The molecule has 0 aliphatic heterocycles. The lowest BCUT2D eigenvalue weighted by atomic mass is 10.3. The molecule has 1 unspecified atom stereocenters. The monoisotopic (exact) mass is 460 g/mol. The van der Waals surface area contributed by atoms with Crippen molar-refractivity contribution in [3.8, 4) is 0 Å². The van der Waals surface area contributed by atoms with Crippen LogP contribution >= 0.6 is 11.6 Å². The lowest BCUT2D eigenvalue weighted by Crippen LogP contribution is -2.23. The number of carbonyl (C=O) groups is 1. The van der Waals surface area contributed by atoms with Gasteiger partial charge < -0.3 is 14.3 Å². The van der Waals surface area contributed by atoms with Gasteiger partial charge in [-0.2, -0.15) is 0 Å². The molecule has 4 aromatic heterocycles. The number of hydrogen-bond donors (Lipinski definition) is 1. The summed E-state index contributed by atoms with van der Waals surface area (Å²) in [6.07, 6.45) is 6.86. The van der Waals surface area contributed by atoms with Gasteiger partial charge in [-0.05, 0) is 13.0 Å². The number of amides is 1. The molecule has 0 saturated heterocycles. The Hall–Kier alpha value is -3.60. The summed E-state index contributed by atoms with van der Waals surface area (Å²) < 4.78 is 32.2. The van der Waals surface area contributed by atoms with Gasteiger partial charge in [0.25, 0.3) is 5.91 Å². The average Bonchev–Trinajstić information content (AvgIpc) is 3.47. The molecular weight excluding hydrogens is 442 g/mol. The van der Waals surface area contributed by atoms with Gasteiger partial charge in [0.1, 0.15) is 17.5 Å². The lowest BCUT2D eigenvalue weighted by Gasteiger charge is -2.03. The molecule has 9 nitrogen and oxygen atoms in total. The summed E-state index contributed by atoms with van der Waals surface area (Å²) in [6.45, 7) is 5.37. The van der Waals surface area contributed by atoms with Crippen LogP contribution in [0, 0.1) is 5.82 Å². The van der Waals surface area contributed by atoms with E-state index in [0.717, 1.165) is 0 Å². The van der Waals surface area contributed by atoms with Crippen molar-refractivity contribution in [2.24, 2.45) is 0 Å². The van der Waals surface area contributed by atoms with Crippen LogP contribution in [-0.4, -0.2) is 46.0 Å². The van der Waals surface area contributed by atoms with E-state index in [2.05, 4.69) is 32.2 Å². The number of hydrogen-bond acceptors (Lipinski definition) is 5. The Balaban J connectivity index is 1.43. The van der Waals surface area contributed by atoms with Crippen molar-refractivity contribution in [1.29, 1.82) is 0 Å². The summed E-state index contributed by atoms with van der Waals surface area (Å²) in [4.78, 5) is 21.0. The average molecular weight is 461 g/mol. The standard InChI is InChI=1S/C20H19ClF2N8O/c1-3-29-8-13(26-17(29)6-12(2)22)9-31-10-16(27-28-31)20(32)24-7-15-19-18(23)14(21)4-5-30(19)11-25-15/h3-5,8,10-12H,1,6-7,9H2,2H3,(H,24,32). The van der Waals surface area contributed by atoms with Crippen LogP contribution in [0.1, 0.15) is 34.6 Å². The molecule has 0 aromatic carbocycles. The maximum Gasteiger partial charge on any atom is 0.273 e. The van der Waals surface area contributed by atoms with Gasteiger partial charge >= 0.3 is 0 Å². The minimum Gasteiger partial charge on any atom is -0.345 e. The third-order valence-corrected chi connectivity index (χ3v) is 4.99. The molecular formula is C20H19ClF2N8O. The van der Waals surface area contributed by atoms with E-state index in [1.54, 1.807) is 23.2 Å². The van der Waals surface area contributed by atoms with E-state index in [4.69, 9.17) is 11.6 Å². The van der Waals surface area contributed by atoms with Gasteiger partial charge in [-0.1, -0.05) is 23.4 Å². The summed E-state index contributed by atoms with van der Waals surface area (Å²) in [7, 11) is 0. The van der Waals surface area contributed by atoms with Crippen LogP contribution in [0.3, 0.4) is 0 Å². The van der Waals surface area contributed by atoms with Crippen molar-refractivity contribution in [3.63, 3.8) is 0 Å². The molecule has 0 saturated carbocycles. The van der Waals surface area contributed by atoms with Gasteiger partial charge in [-0.25, -0.2) is 23.4 Å². The molecule has 0 fully saturated rings. The Bertz CT molecular complexity index is 1290. The second-order valence-corrected chi connectivity index (χ2v) is 7.54. The van der Waals surface area contributed by atoms with Crippen molar-refractivity contribution in [3.05, 3.63) is 71.3 Å². The molecule has 1 atom stereocenters. The smallest absolute Gasteiger partial charge is 0.273 e. The number of fused-ring (bicyclic) bond motifs is 1. The van der Waals surface area contributed by atoms with Crippen LogP contribution in [0.25, 0.3) is 11.7 Å². The topological polar surface area (TPSA) is 94.9 Å². The Morgan fingerprint density at radius 3 is 2.97 bits per heavy atom. The number of nitrogens with one attached hydrogen (secondary N) is 1. The highest BCUT2D eigenvalue weighted by molar-refractivity contribution is 6.31. The fourth-order valence-corrected chi connectivity index (χ4v) is 3.38. The van der Waals surface area contributed by atoms with Gasteiger partial charge in [0, 0.05) is 25.0 Å². The zero-order chi connectivity index (χ0) is 22.8. The van der Waals surface area contributed by atoms with Crippen LogP contribution in [0.5, 0.6) is 0 Å². The van der Waals surface area contributed by atoms with Crippen molar-refractivity contribution in [1.82, 2.24) is 39.2 Å². The second kappa shape index (κ2) is 8.87. The van der Waals surface area contributed by atoms with Crippen LogP contribution in [0.2, 0.25) is 5.02 Å². The number of halogens is 3. The molecule has 4 rings (SSSR count). The molecule has 0 aliphatic rings. The molecule has 0 spiro atoms. The molecule has 166 valence electrons. The second-order valence-electron chi connectivity index (χ2n) is 7.13. The summed E-state index contributed by atoms with van der Waals surface area (Å²) in [5.74, 6) is -0.562. The predicted molar refractivity (Wildman–Crippen MR) is 113 cm³/mol. The number of alkyl halides is 1. The maximum atomic E-state index is 14.3. The number of aromatic nitrogens is 7. The Morgan fingerprint density at radius 2 is 2.22 bits per heavy atom. The van der Waals surface area contributed by atoms with E-state index in [9.17, 15) is 13.6 Å². The van der Waals surface area contributed by atoms with Crippen molar-refractivity contribution >= 4 is 29.2 Å². The SMILES string of the molecule is C=Cn1cc(Cn2cc(C(=O)NCc3ncn4ccc(Cl)c(F)c34)nn2)nc1CC(C)F. The number of nitrogens with zero attached hydrogens (tertiary/aromatic N) is 7. The fraction of sp³-hybridized carbons (Fsp3) is 0.250. The zero-order valence-electron chi connectivity index (χ0n) is 17.0. The van der Waals surface area contributed by atoms with Gasteiger partial charge in [0.2, 0.25) is 0 Å². The number of carbonyl (C=O) groups excluding carboxylic acids is 1. The van der Waals surface area contributed by atoms with Crippen molar-refractivity contribution in [2.75, 3.05) is 0 Å². The highest BCUT2D eigenvalue weighted by Crippen LogP contribution is 2.21. The first kappa shape index (κ1) is 21.6. The molecule has 32 heavy (non-hydrogen) atoms. The van der Waals surface area contributed by atoms with Gasteiger partial charge in [0.05, 0.1) is 42.0 Å². The molecule has 0 aliphatic carbocycles. The molecule has 0 radical (unpaired) electrons. The van der Waals surface area contributed by atoms with E-state index in [0.29, 0.717) is 17.2 Å². The van der Waals surface area contributed by atoms with Crippen LogP contribution in [0.4, 0.5) is 8.78 Å². The highest BCUT2D eigenvalue weighted by atomic mass is 35.5. The summed E-state index contributed by atoms with van der Waals surface area (Å²) >= 11 is 5.83. The number of pyridine rings is 1. The van der Waals surface area contributed by atoms with Crippen LogP contribution in [0.15, 0.2) is 37.6 Å². The fourth-order valence-electron chi connectivity index (χ4n) is 3.24. The molecule has 4 heterocycles. The van der Waals surface area contributed by atoms with Gasteiger partial charge in [-0.15, -0.1) is 5.10 Å². The largest absolute Gasteiger partial charge is 0.345 e. The minimum atomic E-state index is -1.04. The van der Waals surface area contributed by atoms with Crippen molar-refractivity contribution in [2.45, 2.75) is 32.6 Å². The van der Waals surface area contributed by atoms with Gasteiger partial charge in [-0.3, -0.25) is 4.79 Å². The summed E-state index contributed by atoms with van der Waals surface area (Å²) in [6, 6.07) is 1.42. The molecule has 0 bridgehead atoms. The summed E-state index contributed by atoms with van der Waals surface area (Å²) in [5, 5.41) is 10.4. The number of imidazole rings is 2. The van der Waals surface area contributed by atoms with E-state index in [1.165, 1.54) is 34.6 Å². The van der Waals surface area contributed by atoms with E-state index in [1.807, 2.05) is 0 Å². The Kier molecular flexibility index (Phi) is 5.99. The van der Waals surface area contributed by atoms with E-state index in [-0.39, 0.29) is 35.7 Å². The van der Waals surface area contributed by atoms with Crippen LogP contribution in [-0.2, 0) is 19.5 Å². The lowest BCUT2D eigenvalue weighted by molar-refractivity contribution is 0.0945. The van der Waals surface area contributed by atoms with E-state index >= 15 is 0 Å². The maximum absolute atomic E-state index is 14.3. The Labute approximate surface area is 186 Å². The molecule has 12 heteroatoms. The third kappa shape index (κ3) is 4.37. The van der Waals surface area contributed by atoms with Crippen LogP contribution < -0.4 is 5.32 Å². The number of rotatable bonds is 8. The first-order valence-corrected chi connectivity index (χ1v) is 10.0. The Morgan fingerprint density at radius 1 is 1.41 bits per heavy atom. The quantitative estimate of drug-likeness (QED) is 0.436. The first-order chi connectivity index (χ1) is 15.4. The predicted octanol–water partition coefficient (Wildman–Crippen LogP) is 2.89. The van der Waals surface area contributed by atoms with Gasteiger partial charge in [0.15, 0.2) is 11.5 Å². The van der Waals surface area contributed by atoms with Crippen molar-refractivity contribution < 1.29 is 13.6 Å². The minimum absolute atomic E-state index is 0.0199. The molecule has 1 amide bonds. The molecule has 4 aromatic rings. The third-order valence-electron chi connectivity index (χ3n) is 4.70. The summed E-state index contributed by atoms with van der Waals surface area (Å²) in [5.41, 5.74) is 1.22. The molecule has 1 N–H and O–H groups in total. The normalized spacial score (nSPS) is 12.2. The zero-order valence-corrected chi connectivity index (χ0v) is 17.8. The van der Waals surface area contributed by atoms with E-state index < -0.39 is 17.9 Å². The first-order valence-electron chi connectivity index (χ1n) is 9.66.